The zero-order valence-corrected chi connectivity index (χ0v) is 13.8. The predicted molar refractivity (Wildman–Crippen MR) is 87.1 cm³/mol. The Morgan fingerprint density at radius 2 is 1.76 bits per heavy atom. The normalized spacial score (nSPS) is 11.6. The van der Waals surface area contributed by atoms with E-state index < -0.39 is 10.0 Å². The molecule has 112 valence electrons. The molecule has 0 aliphatic rings. The number of sulfonamides is 1. The Bertz CT molecular complexity index is 745. The molecule has 0 unspecified atom stereocenters. The van der Waals surface area contributed by atoms with Gasteiger partial charge in [0, 0.05) is 6.54 Å². The van der Waals surface area contributed by atoms with E-state index in [1.807, 2.05) is 31.2 Å². The zero-order chi connectivity index (χ0) is 15.5. The average Bonchev–Trinajstić information content (AvgIpc) is 2.41. The minimum Gasteiger partial charge on any atom is -0.212 e. The van der Waals surface area contributed by atoms with E-state index in [0.717, 1.165) is 11.1 Å². The fraction of sp³-hybridized carbons (Fsp3) is 0.200. The summed E-state index contributed by atoms with van der Waals surface area (Å²) in [4.78, 5) is 0. The summed E-state index contributed by atoms with van der Waals surface area (Å²) in [6.07, 6.45) is 0. The summed E-state index contributed by atoms with van der Waals surface area (Å²) in [5, 5.41) is 0.758. The first kappa shape index (κ1) is 16.3. The van der Waals surface area contributed by atoms with Gasteiger partial charge in [-0.2, -0.15) is 0 Å². The van der Waals surface area contributed by atoms with E-state index in [4.69, 9.17) is 23.2 Å². The van der Waals surface area contributed by atoms with E-state index in [0.29, 0.717) is 15.6 Å². The van der Waals surface area contributed by atoms with Crippen LogP contribution in [0.15, 0.2) is 42.5 Å². The van der Waals surface area contributed by atoms with Crippen molar-refractivity contribution in [3.8, 4) is 0 Å². The molecule has 0 bridgehead atoms. The molecule has 3 nitrogen and oxygen atoms in total. The van der Waals surface area contributed by atoms with Gasteiger partial charge >= 0.3 is 0 Å². The van der Waals surface area contributed by atoms with Crippen LogP contribution in [0.4, 0.5) is 0 Å². The van der Waals surface area contributed by atoms with Crippen LogP contribution in [0.2, 0.25) is 10.0 Å². The second-order valence-corrected chi connectivity index (χ2v) is 7.44. The Labute approximate surface area is 135 Å². The number of halogens is 2. The topological polar surface area (TPSA) is 46.2 Å². The average molecular weight is 344 g/mol. The fourth-order valence-corrected chi connectivity index (χ4v) is 3.34. The van der Waals surface area contributed by atoms with Gasteiger partial charge in [-0.1, -0.05) is 59.1 Å². The lowest BCUT2D eigenvalue weighted by Gasteiger charge is -2.08. The predicted octanol–water partition coefficient (Wildman–Crippen LogP) is 3.92. The molecular formula is C15H15Cl2NO2S. The van der Waals surface area contributed by atoms with Gasteiger partial charge in [-0.05, 0) is 30.2 Å². The Morgan fingerprint density at radius 1 is 1.00 bits per heavy atom. The van der Waals surface area contributed by atoms with Crippen LogP contribution < -0.4 is 4.72 Å². The third-order valence-corrected chi connectivity index (χ3v) is 4.96. The molecule has 0 amide bonds. The van der Waals surface area contributed by atoms with Crippen molar-refractivity contribution in [2.24, 2.45) is 0 Å². The smallest absolute Gasteiger partial charge is 0.212 e. The number of nitrogens with one attached hydrogen (secondary N) is 1. The monoisotopic (exact) mass is 343 g/mol. The lowest BCUT2D eigenvalue weighted by Crippen LogP contribution is -2.24. The molecule has 2 aromatic carbocycles. The Morgan fingerprint density at radius 3 is 2.43 bits per heavy atom. The summed E-state index contributed by atoms with van der Waals surface area (Å²) in [6, 6.07) is 12.5. The maximum atomic E-state index is 12.1. The van der Waals surface area contributed by atoms with Crippen molar-refractivity contribution in [3.63, 3.8) is 0 Å². The van der Waals surface area contributed by atoms with Gasteiger partial charge in [0.25, 0.3) is 0 Å². The first-order valence-corrected chi connectivity index (χ1v) is 8.73. The molecular weight excluding hydrogens is 329 g/mol. The van der Waals surface area contributed by atoms with Gasteiger partial charge in [-0.25, -0.2) is 13.1 Å². The number of hydrogen-bond acceptors (Lipinski definition) is 2. The standard InChI is InChI=1S/C15H15Cl2NO2S/c1-11-3-2-4-12(7-11)9-18-21(19,20)10-13-5-6-14(16)15(17)8-13/h2-8,18H,9-10H2,1H3. The zero-order valence-electron chi connectivity index (χ0n) is 11.4. The number of hydrogen-bond donors (Lipinski definition) is 1. The molecule has 6 heteroatoms. The van der Waals surface area contributed by atoms with E-state index in [-0.39, 0.29) is 12.3 Å². The van der Waals surface area contributed by atoms with Crippen molar-refractivity contribution in [1.82, 2.24) is 4.72 Å². The summed E-state index contributed by atoms with van der Waals surface area (Å²) in [6.45, 7) is 2.24. The first-order valence-electron chi connectivity index (χ1n) is 6.32. The fourth-order valence-electron chi connectivity index (χ4n) is 1.92. The molecule has 0 aromatic heterocycles. The summed E-state index contributed by atoms with van der Waals surface area (Å²) in [5.41, 5.74) is 2.62. The molecule has 0 aliphatic heterocycles. The van der Waals surface area contributed by atoms with Crippen molar-refractivity contribution in [2.45, 2.75) is 19.2 Å². The minimum absolute atomic E-state index is 0.129. The van der Waals surface area contributed by atoms with Crippen molar-refractivity contribution in [1.29, 1.82) is 0 Å². The Balaban J connectivity index is 2.03. The van der Waals surface area contributed by atoms with Crippen LogP contribution in [-0.4, -0.2) is 8.42 Å². The molecule has 0 atom stereocenters. The minimum atomic E-state index is -3.43. The number of rotatable bonds is 5. The highest BCUT2D eigenvalue weighted by molar-refractivity contribution is 7.88. The van der Waals surface area contributed by atoms with E-state index in [2.05, 4.69) is 4.72 Å². The van der Waals surface area contributed by atoms with E-state index in [1.54, 1.807) is 18.2 Å². The maximum absolute atomic E-state index is 12.1. The van der Waals surface area contributed by atoms with Gasteiger partial charge in [-0.15, -0.1) is 0 Å². The quantitative estimate of drug-likeness (QED) is 0.894. The molecule has 0 heterocycles. The maximum Gasteiger partial charge on any atom is 0.216 e. The van der Waals surface area contributed by atoms with Crippen LogP contribution in [0.1, 0.15) is 16.7 Å². The Hall–Kier alpha value is -1.07. The summed E-state index contributed by atoms with van der Waals surface area (Å²) < 4.78 is 26.7. The van der Waals surface area contributed by atoms with Gasteiger partial charge in [0.1, 0.15) is 0 Å². The van der Waals surface area contributed by atoms with Crippen LogP contribution in [0.25, 0.3) is 0 Å². The van der Waals surface area contributed by atoms with Crippen molar-refractivity contribution >= 4 is 33.2 Å². The highest BCUT2D eigenvalue weighted by Gasteiger charge is 2.12. The third kappa shape index (κ3) is 5.00. The van der Waals surface area contributed by atoms with Crippen molar-refractivity contribution in [2.75, 3.05) is 0 Å². The van der Waals surface area contributed by atoms with Gasteiger partial charge in [0.05, 0.1) is 15.8 Å². The molecule has 0 fully saturated rings. The molecule has 0 saturated carbocycles. The molecule has 0 aliphatic carbocycles. The molecule has 0 spiro atoms. The molecule has 1 N–H and O–H groups in total. The van der Waals surface area contributed by atoms with Gasteiger partial charge < -0.3 is 0 Å². The third-order valence-electron chi connectivity index (χ3n) is 2.92. The largest absolute Gasteiger partial charge is 0.216 e. The lowest BCUT2D eigenvalue weighted by atomic mass is 10.1. The van der Waals surface area contributed by atoms with Gasteiger partial charge in [-0.3, -0.25) is 0 Å². The van der Waals surface area contributed by atoms with Crippen molar-refractivity contribution in [3.05, 3.63) is 69.2 Å². The van der Waals surface area contributed by atoms with E-state index >= 15 is 0 Å². The van der Waals surface area contributed by atoms with Gasteiger partial charge in [0.2, 0.25) is 10.0 Å². The first-order chi connectivity index (χ1) is 9.85. The number of aryl methyl sites for hydroxylation is 1. The number of benzene rings is 2. The van der Waals surface area contributed by atoms with Crippen LogP contribution in [-0.2, 0) is 22.3 Å². The molecule has 0 saturated heterocycles. The summed E-state index contributed by atoms with van der Waals surface area (Å²) >= 11 is 11.7. The molecule has 2 rings (SSSR count). The SMILES string of the molecule is Cc1cccc(CNS(=O)(=O)Cc2ccc(Cl)c(Cl)c2)c1. The lowest BCUT2D eigenvalue weighted by molar-refractivity contribution is 0.580. The van der Waals surface area contributed by atoms with E-state index in [1.165, 1.54) is 0 Å². The van der Waals surface area contributed by atoms with Crippen LogP contribution in [0.3, 0.4) is 0 Å². The van der Waals surface area contributed by atoms with Gasteiger partial charge in [0.15, 0.2) is 0 Å². The molecule has 2 aromatic rings. The Kier molecular flexibility index (Phi) is 5.27. The van der Waals surface area contributed by atoms with Crippen LogP contribution in [0, 0.1) is 6.92 Å². The molecule has 0 radical (unpaired) electrons. The summed E-state index contributed by atoms with van der Waals surface area (Å²) in [7, 11) is -3.43. The second kappa shape index (κ2) is 6.79. The highest BCUT2D eigenvalue weighted by Crippen LogP contribution is 2.23. The van der Waals surface area contributed by atoms with E-state index in [9.17, 15) is 8.42 Å². The molecule has 21 heavy (non-hydrogen) atoms. The van der Waals surface area contributed by atoms with Crippen LogP contribution >= 0.6 is 23.2 Å². The second-order valence-electron chi connectivity index (χ2n) is 4.82. The van der Waals surface area contributed by atoms with Crippen molar-refractivity contribution < 1.29 is 8.42 Å². The van der Waals surface area contributed by atoms with Crippen LogP contribution in [0.5, 0.6) is 0 Å². The highest BCUT2D eigenvalue weighted by atomic mass is 35.5. The summed E-state index contributed by atoms with van der Waals surface area (Å²) in [5.74, 6) is -0.129.